The Hall–Kier alpha value is -3.11. The molecule has 5 nitrogen and oxygen atoms in total. The van der Waals surface area contributed by atoms with Gasteiger partial charge in [-0.2, -0.15) is 5.26 Å². The summed E-state index contributed by atoms with van der Waals surface area (Å²) in [6.07, 6.45) is 2.92. The number of nitrogens with zero attached hydrogens (tertiary/aromatic N) is 1. The molecule has 0 aliphatic carbocycles. The van der Waals surface area contributed by atoms with Crippen LogP contribution in [0.2, 0.25) is 0 Å². The molecule has 0 aliphatic rings. The fraction of sp³-hybridized carbons (Fsp3) is 0.0556. The average Bonchev–Trinajstić information content (AvgIpc) is 3.08. The molecular formula is C18H14FN3O2S. The molecule has 0 amide bonds. The van der Waals surface area contributed by atoms with Crippen LogP contribution < -0.4 is 4.72 Å². The Kier molecular flexibility index (Phi) is 4.30. The number of aryl methyl sites for hydroxylation is 1. The van der Waals surface area contributed by atoms with Crippen LogP contribution in [-0.2, 0) is 10.0 Å². The lowest BCUT2D eigenvalue weighted by Gasteiger charge is -2.10. The first kappa shape index (κ1) is 16.7. The van der Waals surface area contributed by atoms with Gasteiger partial charge in [-0.1, -0.05) is 29.8 Å². The van der Waals surface area contributed by atoms with Gasteiger partial charge in [0.1, 0.15) is 10.7 Å². The molecule has 0 saturated heterocycles. The van der Waals surface area contributed by atoms with Crippen molar-refractivity contribution in [3.05, 3.63) is 71.8 Å². The molecule has 2 aromatic carbocycles. The zero-order valence-corrected chi connectivity index (χ0v) is 14.1. The first-order valence-corrected chi connectivity index (χ1v) is 8.85. The van der Waals surface area contributed by atoms with Crippen molar-refractivity contribution >= 4 is 15.7 Å². The summed E-state index contributed by atoms with van der Waals surface area (Å²) in [7, 11) is -4.01. The van der Waals surface area contributed by atoms with Crippen molar-refractivity contribution < 1.29 is 12.8 Å². The van der Waals surface area contributed by atoms with Crippen LogP contribution in [-0.4, -0.2) is 13.4 Å². The summed E-state index contributed by atoms with van der Waals surface area (Å²) in [5, 5.41) is 8.76. The Morgan fingerprint density at radius 1 is 1.12 bits per heavy atom. The van der Waals surface area contributed by atoms with Gasteiger partial charge < -0.3 is 4.98 Å². The highest BCUT2D eigenvalue weighted by molar-refractivity contribution is 7.92. The van der Waals surface area contributed by atoms with E-state index in [2.05, 4.69) is 9.71 Å². The Balaban J connectivity index is 1.98. The Morgan fingerprint density at radius 2 is 1.84 bits per heavy atom. The minimum absolute atomic E-state index is 0.0140. The number of hydrogen-bond acceptors (Lipinski definition) is 3. The molecule has 0 bridgehead atoms. The van der Waals surface area contributed by atoms with Gasteiger partial charge in [0.15, 0.2) is 0 Å². The van der Waals surface area contributed by atoms with E-state index in [0.717, 1.165) is 17.2 Å². The zero-order chi connectivity index (χ0) is 18.0. The van der Waals surface area contributed by atoms with Gasteiger partial charge >= 0.3 is 0 Å². The van der Waals surface area contributed by atoms with Crippen LogP contribution in [0.4, 0.5) is 10.1 Å². The summed E-state index contributed by atoms with van der Waals surface area (Å²) >= 11 is 0. The molecule has 2 N–H and O–H groups in total. The molecule has 3 rings (SSSR count). The van der Waals surface area contributed by atoms with Gasteiger partial charge in [0.05, 0.1) is 17.3 Å². The van der Waals surface area contributed by atoms with Crippen molar-refractivity contribution in [1.82, 2.24) is 4.98 Å². The molecule has 0 aliphatic heterocycles. The van der Waals surface area contributed by atoms with Crippen LogP contribution in [0.5, 0.6) is 0 Å². The van der Waals surface area contributed by atoms with Gasteiger partial charge in [-0.15, -0.1) is 0 Å². The predicted molar refractivity (Wildman–Crippen MR) is 92.9 cm³/mol. The smallest absolute Gasteiger partial charge is 0.264 e. The van der Waals surface area contributed by atoms with Gasteiger partial charge in [-0.05, 0) is 30.7 Å². The average molecular weight is 355 g/mol. The second-order valence-electron chi connectivity index (χ2n) is 5.51. The molecule has 0 radical (unpaired) electrons. The lowest BCUT2D eigenvalue weighted by atomic mass is 10.1. The fourth-order valence-corrected chi connectivity index (χ4v) is 3.65. The van der Waals surface area contributed by atoms with Crippen molar-refractivity contribution in [1.29, 1.82) is 5.26 Å². The van der Waals surface area contributed by atoms with Crippen molar-refractivity contribution in [2.75, 3.05) is 4.72 Å². The van der Waals surface area contributed by atoms with E-state index in [1.165, 1.54) is 18.3 Å². The van der Waals surface area contributed by atoms with E-state index in [-0.39, 0.29) is 16.1 Å². The molecule has 0 unspecified atom stereocenters. The van der Waals surface area contributed by atoms with Crippen molar-refractivity contribution in [2.45, 2.75) is 11.8 Å². The van der Waals surface area contributed by atoms with Crippen molar-refractivity contribution in [3.8, 4) is 17.2 Å². The maximum Gasteiger partial charge on any atom is 0.264 e. The van der Waals surface area contributed by atoms with E-state index in [0.29, 0.717) is 5.56 Å². The minimum atomic E-state index is -4.01. The predicted octanol–water partition coefficient (Wildman–Crippen LogP) is 3.80. The molecule has 0 fully saturated rings. The minimum Gasteiger partial charge on any atom is -0.366 e. The maximum absolute atomic E-state index is 14.0. The van der Waals surface area contributed by atoms with Gasteiger partial charge in [0, 0.05) is 18.0 Å². The Labute approximate surface area is 144 Å². The number of rotatable bonds is 4. The highest BCUT2D eigenvalue weighted by Gasteiger charge is 2.22. The summed E-state index contributed by atoms with van der Waals surface area (Å²) in [5.74, 6) is -0.810. The van der Waals surface area contributed by atoms with Crippen molar-refractivity contribution in [3.63, 3.8) is 0 Å². The van der Waals surface area contributed by atoms with E-state index in [4.69, 9.17) is 5.26 Å². The summed E-state index contributed by atoms with van der Waals surface area (Å²) in [5.41, 5.74) is 2.17. The quantitative estimate of drug-likeness (QED) is 0.746. The molecule has 3 aromatic rings. The third-order valence-electron chi connectivity index (χ3n) is 3.70. The molecule has 1 aromatic heterocycles. The first-order chi connectivity index (χ1) is 11.9. The first-order valence-electron chi connectivity index (χ1n) is 7.37. The highest BCUT2D eigenvalue weighted by atomic mass is 32.2. The molecule has 25 heavy (non-hydrogen) atoms. The van der Waals surface area contributed by atoms with Gasteiger partial charge in [-0.3, -0.25) is 4.72 Å². The number of hydrogen-bond donors (Lipinski definition) is 2. The fourth-order valence-electron chi connectivity index (χ4n) is 2.40. The van der Waals surface area contributed by atoms with Crippen LogP contribution in [0.25, 0.3) is 11.1 Å². The number of sulfonamides is 1. The van der Waals surface area contributed by atoms with Gasteiger partial charge in [0.25, 0.3) is 10.0 Å². The summed E-state index contributed by atoms with van der Waals surface area (Å²) in [6, 6.07) is 12.8. The van der Waals surface area contributed by atoms with Crippen LogP contribution in [0.3, 0.4) is 0 Å². The van der Waals surface area contributed by atoms with E-state index in [1.807, 2.05) is 31.2 Å². The lowest BCUT2D eigenvalue weighted by molar-refractivity contribution is 0.599. The summed E-state index contributed by atoms with van der Waals surface area (Å²) in [6.45, 7) is 1.94. The monoisotopic (exact) mass is 355 g/mol. The van der Waals surface area contributed by atoms with E-state index < -0.39 is 15.8 Å². The number of H-pyrrole nitrogens is 1. The molecule has 0 atom stereocenters. The van der Waals surface area contributed by atoms with E-state index in [9.17, 15) is 12.8 Å². The number of halogens is 1. The summed E-state index contributed by atoms with van der Waals surface area (Å²) in [4.78, 5) is 2.79. The number of anilines is 1. The maximum atomic E-state index is 14.0. The Bertz CT molecular complexity index is 1060. The zero-order valence-electron chi connectivity index (χ0n) is 13.2. The van der Waals surface area contributed by atoms with Crippen LogP contribution in [0.15, 0.2) is 59.8 Å². The normalized spacial score (nSPS) is 11.1. The standard InChI is InChI=1S/C18H14FN3O2S/c1-12-2-5-14(6-3-12)15-10-21-11-18(15)25(23,24)22-17-7-4-13(9-20)8-16(17)19/h2-8,10-11,21-22H,1H3. The van der Waals surface area contributed by atoms with Gasteiger partial charge in [0.2, 0.25) is 0 Å². The topological polar surface area (TPSA) is 85.8 Å². The summed E-state index contributed by atoms with van der Waals surface area (Å²) < 4.78 is 41.6. The second-order valence-corrected chi connectivity index (χ2v) is 7.16. The molecule has 1 heterocycles. The Morgan fingerprint density at radius 3 is 2.48 bits per heavy atom. The second kappa shape index (κ2) is 6.42. The number of aromatic nitrogens is 1. The van der Waals surface area contributed by atoms with Crippen LogP contribution in [0.1, 0.15) is 11.1 Å². The van der Waals surface area contributed by atoms with Crippen LogP contribution in [0, 0.1) is 24.1 Å². The molecule has 7 heteroatoms. The van der Waals surface area contributed by atoms with Gasteiger partial charge in [-0.25, -0.2) is 12.8 Å². The SMILES string of the molecule is Cc1ccc(-c2c[nH]cc2S(=O)(=O)Nc2ccc(C#N)cc2F)cc1. The number of nitriles is 1. The highest BCUT2D eigenvalue weighted by Crippen LogP contribution is 2.29. The van der Waals surface area contributed by atoms with E-state index >= 15 is 0 Å². The van der Waals surface area contributed by atoms with E-state index in [1.54, 1.807) is 12.3 Å². The lowest BCUT2D eigenvalue weighted by Crippen LogP contribution is -2.14. The van der Waals surface area contributed by atoms with Crippen LogP contribution >= 0.6 is 0 Å². The number of benzene rings is 2. The molecule has 126 valence electrons. The molecule has 0 spiro atoms. The number of aromatic amines is 1. The third kappa shape index (κ3) is 3.39. The molecular weight excluding hydrogens is 341 g/mol. The third-order valence-corrected chi connectivity index (χ3v) is 5.11. The largest absolute Gasteiger partial charge is 0.366 e. The number of nitrogens with one attached hydrogen (secondary N) is 2. The van der Waals surface area contributed by atoms with Crippen molar-refractivity contribution in [2.24, 2.45) is 0 Å². The molecule has 0 saturated carbocycles.